The summed E-state index contributed by atoms with van der Waals surface area (Å²) in [5, 5.41) is 11.7. The second-order valence-corrected chi connectivity index (χ2v) is 7.02. The molecule has 0 saturated carbocycles. The first-order valence-electron chi connectivity index (χ1n) is 8.97. The highest BCUT2D eigenvalue weighted by molar-refractivity contribution is 6.04. The number of amides is 1. The number of carbonyl (C=O) groups is 2. The number of benzene rings is 2. The number of hydrogen-bond donors (Lipinski definition) is 2. The zero-order valence-electron chi connectivity index (χ0n) is 14.9. The van der Waals surface area contributed by atoms with Crippen LogP contribution in [0.15, 0.2) is 48.5 Å². The molecule has 0 aromatic heterocycles. The Hall–Kier alpha value is -2.66. The quantitative estimate of drug-likeness (QED) is 0.857. The number of piperidine rings is 1. The van der Waals surface area contributed by atoms with E-state index in [0.29, 0.717) is 11.3 Å². The maximum absolute atomic E-state index is 12.3. The van der Waals surface area contributed by atoms with Crippen molar-refractivity contribution >= 4 is 17.6 Å². The lowest BCUT2D eigenvalue weighted by atomic mass is 9.99. The van der Waals surface area contributed by atoms with Crippen molar-refractivity contribution in [1.29, 1.82) is 0 Å². The first-order chi connectivity index (χ1) is 12.5. The molecule has 0 radical (unpaired) electrons. The number of carbonyl (C=O) groups excluding carboxylic acids is 1. The van der Waals surface area contributed by atoms with Gasteiger partial charge in [0.05, 0.1) is 5.56 Å². The minimum atomic E-state index is -0.985. The average molecular weight is 352 g/mol. The summed E-state index contributed by atoms with van der Waals surface area (Å²) in [5.74, 6) is -0.436. The monoisotopic (exact) mass is 352 g/mol. The van der Waals surface area contributed by atoms with Crippen LogP contribution in [0.4, 0.5) is 5.69 Å². The first-order valence-corrected chi connectivity index (χ1v) is 8.97. The molecule has 0 spiro atoms. The van der Waals surface area contributed by atoms with Crippen molar-refractivity contribution in [2.75, 3.05) is 18.4 Å². The number of likely N-dealkylation sites (tertiary alicyclic amines) is 1. The minimum Gasteiger partial charge on any atom is -0.478 e. The molecule has 1 saturated heterocycles. The van der Waals surface area contributed by atoms with Gasteiger partial charge in [0.2, 0.25) is 0 Å². The Labute approximate surface area is 153 Å². The molecule has 5 heteroatoms. The third-order valence-electron chi connectivity index (χ3n) is 4.75. The summed E-state index contributed by atoms with van der Waals surface area (Å²) >= 11 is 0. The first kappa shape index (κ1) is 18.1. The molecule has 136 valence electrons. The van der Waals surface area contributed by atoms with E-state index >= 15 is 0 Å². The van der Waals surface area contributed by atoms with Gasteiger partial charge in [0.25, 0.3) is 5.91 Å². The molecule has 3 rings (SSSR count). The van der Waals surface area contributed by atoms with Crippen LogP contribution in [0, 0.1) is 5.92 Å². The van der Waals surface area contributed by atoms with Crippen LogP contribution in [0.1, 0.15) is 46.0 Å². The summed E-state index contributed by atoms with van der Waals surface area (Å²) in [5.41, 5.74) is 2.57. The molecule has 1 aliphatic rings. The molecular weight excluding hydrogens is 328 g/mol. The Kier molecular flexibility index (Phi) is 5.68. The zero-order chi connectivity index (χ0) is 18.5. The van der Waals surface area contributed by atoms with E-state index in [-0.39, 0.29) is 11.5 Å². The number of nitrogens with one attached hydrogen (secondary N) is 1. The molecule has 1 atom stereocenters. The summed E-state index contributed by atoms with van der Waals surface area (Å²) < 4.78 is 0. The molecule has 2 aromatic carbocycles. The Morgan fingerprint density at radius 3 is 2.35 bits per heavy atom. The molecule has 1 fully saturated rings. The summed E-state index contributed by atoms with van der Waals surface area (Å²) in [7, 11) is 0. The van der Waals surface area contributed by atoms with Gasteiger partial charge < -0.3 is 10.4 Å². The predicted octanol–water partition coefficient (Wildman–Crippen LogP) is 3.87. The lowest BCUT2D eigenvalue weighted by Gasteiger charge is -2.30. The van der Waals surface area contributed by atoms with Crippen LogP contribution in [0.3, 0.4) is 0 Å². The van der Waals surface area contributed by atoms with Crippen molar-refractivity contribution in [3.8, 4) is 0 Å². The van der Waals surface area contributed by atoms with E-state index in [1.165, 1.54) is 30.5 Å². The molecule has 26 heavy (non-hydrogen) atoms. The van der Waals surface area contributed by atoms with E-state index in [0.717, 1.165) is 25.6 Å². The van der Waals surface area contributed by atoms with Gasteiger partial charge >= 0.3 is 5.97 Å². The fraction of sp³-hybridized carbons (Fsp3) is 0.333. The lowest BCUT2D eigenvalue weighted by Crippen LogP contribution is -2.33. The van der Waals surface area contributed by atoms with Gasteiger partial charge in [-0.05, 0) is 67.3 Å². The van der Waals surface area contributed by atoms with E-state index in [9.17, 15) is 9.59 Å². The fourth-order valence-electron chi connectivity index (χ4n) is 3.35. The number of nitrogens with zero attached hydrogens (tertiary/aromatic N) is 1. The summed E-state index contributed by atoms with van der Waals surface area (Å²) in [4.78, 5) is 25.7. The van der Waals surface area contributed by atoms with Gasteiger partial charge in [-0.25, -0.2) is 4.79 Å². The molecule has 2 aromatic rings. The number of carboxylic acids is 1. The normalized spacial score (nSPS) is 17.7. The average Bonchev–Trinajstić information content (AvgIpc) is 2.63. The fourth-order valence-corrected chi connectivity index (χ4v) is 3.35. The van der Waals surface area contributed by atoms with Gasteiger partial charge in [-0.3, -0.25) is 9.69 Å². The van der Waals surface area contributed by atoms with Crippen molar-refractivity contribution < 1.29 is 14.7 Å². The number of anilines is 1. The summed E-state index contributed by atoms with van der Waals surface area (Å²) in [6.45, 7) is 5.49. The Balaban J connectivity index is 1.58. The van der Waals surface area contributed by atoms with Crippen LogP contribution in [-0.4, -0.2) is 35.0 Å². The highest BCUT2D eigenvalue weighted by atomic mass is 16.4. The lowest BCUT2D eigenvalue weighted by molar-refractivity contribution is 0.0696. The number of rotatable bonds is 5. The van der Waals surface area contributed by atoms with Crippen LogP contribution < -0.4 is 5.32 Å². The molecule has 2 N–H and O–H groups in total. The molecule has 0 bridgehead atoms. The van der Waals surface area contributed by atoms with Crippen molar-refractivity contribution in [2.45, 2.75) is 26.3 Å². The van der Waals surface area contributed by atoms with Crippen molar-refractivity contribution in [3.05, 3.63) is 65.2 Å². The zero-order valence-corrected chi connectivity index (χ0v) is 14.9. The highest BCUT2D eigenvalue weighted by Crippen LogP contribution is 2.18. The smallest absolute Gasteiger partial charge is 0.335 e. The Morgan fingerprint density at radius 2 is 1.73 bits per heavy atom. The van der Waals surface area contributed by atoms with E-state index in [1.807, 2.05) is 24.3 Å². The standard InChI is InChI=1S/C21H24N2O3/c1-15-3-2-12-23(13-15)14-16-4-6-17(7-5-16)20(24)22-19-10-8-18(9-11-19)21(25)26/h4-11,15H,2-3,12-14H2,1H3,(H,22,24)(H,25,26)/t15-/m0/s1. The van der Waals surface area contributed by atoms with E-state index in [1.54, 1.807) is 12.1 Å². The number of carboxylic acid groups (broad SMARTS) is 1. The second kappa shape index (κ2) is 8.15. The van der Waals surface area contributed by atoms with Gasteiger partial charge in [-0.1, -0.05) is 19.1 Å². The largest absolute Gasteiger partial charge is 0.478 e. The van der Waals surface area contributed by atoms with Crippen LogP contribution in [0.25, 0.3) is 0 Å². The van der Waals surface area contributed by atoms with Crippen molar-refractivity contribution in [1.82, 2.24) is 4.90 Å². The van der Waals surface area contributed by atoms with Crippen LogP contribution in [0.2, 0.25) is 0 Å². The maximum atomic E-state index is 12.3. The van der Waals surface area contributed by atoms with Crippen LogP contribution in [0.5, 0.6) is 0 Å². The Morgan fingerprint density at radius 1 is 1.08 bits per heavy atom. The van der Waals surface area contributed by atoms with Gasteiger partial charge in [0.1, 0.15) is 0 Å². The molecule has 0 aliphatic carbocycles. The van der Waals surface area contributed by atoms with Gasteiger partial charge in [0, 0.05) is 24.3 Å². The SMILES string of the molecule is C[C@H]1CCCN(Cc2ccc(C(=O)Nc3ccc(C(=O)O)cc3)cc2)C1. The molecule has 1 heterocycles. The minimum absolute atomic E-state index is 0.194. The number of aromatic carboxylic acids is 1. The molecule has 5 nitrogen and oxygen atoms in total. The van der Waals surface area contributed by atoms with Gasteiger partial charge in [-0.15, -0.1) is 0 Å². The second-order valence-electron chi connectivity index (χ2n) is 7.02. The number of hydrogen-bond acceptors (Lipinski definition) is 3. The van der Waals surface area contributed by atoms with Crippen LogP contribution in [-0.2, 0) is 6.54 Å². The van der Waals surface area contributed by atoms with E-state index in [2.05, 4.69) is 17.1 Å². The maximum Gasteiger partial charge on any atom is 0.335 e. The van der Waals surface area contributed by atoms with Gasteiger partial charge in [-0.2, -0.15) is 0 Å². The molecule has 1 amide bonds. The van der Waals surface area contributed by atoms with E-state index in [4.69, 9.17) is 5.11 Å². The predicted molar refractivity (Wildman–Crippen MR) is 101 cm³/mol. The van der Waals surface area contributed by atoms with Crippen molar-refractivity contribution in [3.63, 3.8) is 0 Å². The highest BCUT2D eigenvalue weighted by Gasteiger charge is 2.16. The third kappa shape index (κ3) is 4.70. The van der Waals surface area contributed by atoms with Gasteiger partial charge in [0.15, 0.2) is 0 Å². The van der Waals surface area contributed by atoms with Crippen molar-refractivity contribution in [2.24, 2.45) is 5.92 Å². The van der Waals surface area contributed by atoms with Crippen LogP contribution >= 0.6 is 0 Å². The Bertz CT molecular complexity index is 769. The molecular formula is C21H24N2O3. The van der Waals surface area contributed by atoms with E-state index < -0.39 is 5.97 Å². The molecule has 1 aliphatic heterocycles. The summed E-state index contributed by atoms with van der Waals surface area (Å²) in [6, 6.07) is 13.8. The molecule has 0 unspecified atom stereocenters. The third-order valence-corrected chi connectivity index (χ3v) is 4.75. The summed E-state index contributed by atoms with van der Waals surface area (Å²) in [6.07, 6.45) is 2.56. The topological polar surface area (TPSA) is 69.6 Å².